The van der Waals surface area contributed by atoms with Crippen LogP contribution in [0.25, 0.3) is 0 Å². The largest absolute Gasteiger partial charge is 0.339 e. The van der Waals surface area contributed by atoms with Gasteiger partial charge in [-0.2, -0.15) is 0 Å². The molecule has 0 saturated carbocycles. The zero-order valence-electron chi connectivity index (χ0n) is 7.74. The Hall–Kier alpha value is -1.61. The van der Waals surface area contributed by atoms with Crippen LogP contribution < -0.4 is 5.32 Å². The maximum Gasteiger partial charge on any atom is 0.130 e. The van der Waals surface area contributed by atoms with Crippen LogP contribution in [0.5, 0.6) is 0 Å². The van der Waals surface area contributed by atoms with Crippen molar-refractivity contribution >= 4 is 23.1 Å². The predicted octanol–water partition coefficient (Wildman–Crippen LogP) is 3.62. The Labute approximate surface area is 91.7 Å². The number of pyridine rings is 1. The third kappa shape index (κ3) is 2.44. The highest BCUT2D eigenvalue weighted by atomic mass is 35.5. The average molecular weight is 223 g/mol. The quantitative estimate of drug-likeness (QED) is 0.840. The molecule has 4 heteroatoms. The number of nitrogens with zero attached hydrogens (tertiary/aromatic N) is 1. The number of rotatable bonds is 2. The molecule has 0 spiro atoms. The Bertz CT molecular complexity index is 459. The van der Waals surface area contributed by atoms with E-state index in [2.05, 4.69) is 10.3 Å². The minimum absolute atomic E-state index is 0.334. The van der Waals surface area contributed by atoms with Gasteiger partial charge in [0.15, 0.2) is 0 Å². The predicted molar refractivity (Wildman–Crippen MR) is 58.9 cm³/mol. The first kappa shape index (κ1) is 9.93. The van der Waals surface area contributed by atoms with Crippen LogP contribution in [0.2, 0.25) is 5.02 Å². The van der Waals surface area contributed by atoms with Gasteiger partial charge in [0.05, 0.1) is 10.7 Å². The van der Waals surface area contributed by atoms with Crippen molar-refractivity contribution in [3.05, 3.63) is 53.4 Å². The highest BCUT2D eigenvalue weighted by Crippen LogP contribution is 2.24. The second-order valence-corrected chi connectivity index (χ2v) is 3.37. The molecule has 2 aromatic rings. The summed E-state index contributed by atoms with van der Waals surface area (Å²) in [6.07, 6.45) is 1.67. The lowest BCUT2D eigenvalue weighted by Crippen LogP contribution is -1.93. The van der Waals surface area contributed by atoms with Gasteiger partial charge in [0.25, 0.3) is 0 Å². The van der Waals surface area contributed by atoms with Gasteiger partial charge < -0.3 is 5.32 Å². The molecule has 2 rings (SSSR count). The van der Waals surface area contributed by atoms with Crippen molar-refractivity contribution in [2.75, 3.05) is 5.32 Å². The molecule has 0 fully saturated rings. The normalized spacial score (nSPS) is 10.0. The molecule has 0 aliphatic heterocycles. The van der Waals surface area contributed by atoms with Crippen LogP contribution in [0.15, 0.2) is 42.6 Å². The molecule has 76 valence electrons. The number of anilines is 2. The average Bonchev–Trinajstić information content (AvgIpc) is 2.24. The van der Waals surface area contributed by atoms with Crippen molar-refractivity contribution < 1.29 is 4.39 Å². The summed E-state index contributed by atoms with van der Waals surface area (Å²) in [6.45, 7) is 0. The van der Waals surface area contributed by atoms with E-state index in [1.165, 1.54) is 12.1 Å². The Kier molecular flexibility index (Phi) is 2.83. The number of benzene rings is 1. The summed E-state index contributed by atoms with van der Waals surface area (Å²) in [5, 5.41) is 3.32. The Morgan fingerprint density at radius 3 is 2.73 bits per heavy atom. The molecule has 0 atom stereocenters. The van der Waals surface area contributed by atoms with Gasteiger partial charge in [-0.15, -0.1) is 0 Å². The molecular formula is C11H8ClFN2. The van der Waals surface area contributed by atoms with Gasteiger partial charge >= 0.3 is 0 Å². The summed E-state index contributed by atoms with van der Waals surface area (Å²) in [5.74, 6) is 0.317. The fourth-order valence-corrected chi connectivity index (χ4v) is 1.38. The molecule has 0 unspecified atom stereocenters. The van der Waals surface area contributed by atoms with Crippen LogP contribution in [0, 0.1) is 5.82 Å². The first-order valence-corrected chi connectivity index (χ1v) is 4.76. The molecule has 0 aliphatic carbocycles. The topological polar surface area (TPSA) is 24.9 Å². The molecular weight excluding hydrogens is 215 g/mol. The SMILES string of the molecule is Fc1ccc(Nc2ccccn2)c(Cl)c1. The van der Waals surface area contributed by atoms with Gasteiger partial charge in [0, 0.05) is 6.20 Å². The summed E-state index contributed by atoms with van der Waals surface area (Å²) >= 11 is 5.85. The number of nitrogens with one attached hydrogen (secondary N) is 1. The fraction of sp³-hybridized carbons (Fsp3) is 0. The number of aromatic nitrogens is 1. The van der Waals surface area contributed by atoms with E-state index in [0.717, 1.165) is 0 Å². The van der Waals surface area contributed by atoms with Crippen LogP contribution in [0.4, 0.5) is 15.9 Å². The zero-order valence-corrected chi connectivity index (χ0v) is 8.50. The molecule has 1 aromatic carbocycles. The van der Waals surface area contributed by atoms with Crippen molar-refractivity contribution in [2.24, 2.45) is 0 Å². The van der Waals surface area contributed by atoms with E-state index >= 15 is 0 Å². The van der Waals surface area contributed by atoms with E-state index in [4.69, 9.17) is 11.6 Å². The molecule has 1 aromatic heterocycles. The van der Waals surface area contributed by atoms with Crippen molar-refractivity contribution in [1.29, 1.82) is 0 Å². The molecule has 0 saturated heterocycles. The van der Waals surface area contributed by atoms with E-state index in [0.29, 0.717) is 16.5 Å². The van der Waals surface area contributed by atoms with Gasteiger partial charge in [0.1, 0.15) is 11.6 Å². The van der Waals surface area contributed by atoms with Crippen molar-refractivity contribution in [3.8, 4) is 0 Å². The second kappa shape index (κ2) is 4.28. The van der Waals surface area contributed by atoms with Crippen molar-refractivity contribution in [3.63, 3.8) is 0 Å². The van der Waals surface area contributed by atoms with E-state index in [9.17, 15) is 4.39 Å². The molecule has 1 heterocycles. The van der Waals surface area contributed by atoms with E-state index in [1.54, 1.807) is 18.3 Å². The van der Waals surface area contributed by atoms with Crippen LogP contribution >= 0.6 is 11.6 Å². The number of halogens is 2. The van der Waals surface area contributed by atoms with Gasteiger partial charge in [-0.1, -0.05) is 17.7 Å². The Balaban J connectivity index is 2.25. The summed E-state index contributed by atoms with van der Waals surface area (Å²) in [5.41, 5.74) is 0.636. The highest BCUT2D eigenvalue weighted by Gasteiger charge is 2.02. The highest BCUT2D eigenvalue weighted by molar-refractivity contribution is 6.33. The van der Waals surface area contributed by atoms with Gasteiger partial charge in [-0.3, -0.25) is 0 Å². The molecule has 0 amide bonds. The first-order chi connectivity index (χ1) is 7.25. The lowest BCUT2D eigenvalue weighted by atomic mass is 10.3. The van der Waals surface area contributed by atoms with Gasteiger partial charge in [0.2, 0.25) is 0 Å². The second-order valence-electron chi connectivity index (χ2n) is 2.96. The molecule has 0 bridgehead atoms. The van der Waals surface area contributed by atoms with Crippen LogP contribution in [-0.2, 0) is 0 Å². The molecule has 1 N–H and O–H groups in total. The summed E-state index contributed by atoms with van der Waals surface area (Å²) in [6, 6.07) is 9.65. The van der Waals surface area contributed by atoms with E-state index in [1.807, 2.05) is 12.1 Å². The monoisotopic (exact) mass is 222 g/mol. The standard InChI is InChI=1S/C11H8ClFN2/c12-9-7-8(13)4-5-10(9)15-11-3-1-2-6-14-11/h1-7H,(H,14,15). The molecule has 0 aliphatic rings. The van der Waals surface area contributed by atoms with Crippen molar-refractivity contribution in [1.82, 2.24) is 4.98 Å². The van der Waals surface area contributed by atoms with Gasteiger partial charge in [-0.25, -0.2) is 9.37 Å². The molecule has 15 heavy (non-hydrogen) atoms. The summed E-state index contributed by atoms with van der Waals surface area (Å²) < 4.78 is 12.8. The zero-order chi connectivity index (χ0) is 10.7. The maximum absolute atomic E-state index is 12.8. The van der Waals surface area contributed by atoms with E-state index < -0.39 is 0 Å². The lowest BCUT2D eigenvalue weighted by Gasteiger charge is -2.06. The molecule has 0 radical (unpaired) electrons. The summed E-state index contributed by atoms with van der Waals surface area (Å²) in [4.78, 5) is 4.07. The van der Waals surface area contributed by atoms with Gasteiger partial charge in [-0.05, 0) is 30.3 Å². The number of hydrogen-bond acceptors (Lipinski definition) is 2. The Morgan fingerprint density at radius 1 is 1.20 bits per heavy atom. The molecule has 2 nitrogen and oxygen atoms in total. The lowest BCUT2D eigenvalue weighted by molar-refractivity contribution is 0.628. The minimum atomic E-state index is -0.355. The maximum atomic E-state index is 12.8. The minimum Gasteiger partial charge on any atom is -0.339 e. The third-order valence-corrected chi connectivity index (χ3v) is 2.17. The third-order valence-electron chi connectivity index (χ3n) is 1.86. The fourth-order valence-electron chi connectivity index (χ4n) is 1.17. The first-order valence-electron chi connectivity index (χ1n) is 4.39. The number of hydrogen-bond donors (Lipinski definition) is 1. The smallest absolute Gasteiger partial charge is 0.130 e. The van der Waals surface area contributed by atoms with Crippen LogP contribution in [0.3, 0.4) is 0 Å². The summed E-state index contributed by atoms with van der Waals surface area (Å²) in [7, 11) is 0. The Morgan fingerprint density at radius 2 is 2.07 bits per heavy atom. The van der Waals surface area contributed by atoms with Crippen molar-refractivity contribution in [2.45, 2.75) is 0 Å². The van der Waals surface area contributed by atoms with Crippen LogP contribution in [-0.4, -0.2) is 4.98 Å². The van der Waals surface area contributed by atoms with E-state index in [-0.39, 0.29) is 5.82 Å². The van der Waals surface area contributed by atoms with Crippen LogP contribution in [0.1, 0.15) is 0 Å².